The van der Waals surface area contributed by atoms with Crippen molar-refractivity contribution in [2.75, 3.05) is 30.8 Å². The normalized spacial score (nSPS) is 11.1. The fourth-order valence-corrected chi connectivity index (χ4v) is 3.15. The van der Waals surface area contributed by atoms with Gasteiger partial charge in [-0.05, 0) is 26.5 Å². The van der Waals surface area contributed by atoms with Gasteiger partial charge < -0.3 is 10.6 Å². The van der Waals surface area contributed by atoms with Crippen molar-refractivity contribution in [3.8, 4) is 0 Å². The molecule has 1 amide bonds. The van der Waals surface area contributed by atoms with Gasteiger partial charge in [-0.2, -0.15) is 0 Å². The van der Waals surface area contributed by atoms with Gasteiger partial charge in [-0.3, -0.25) is 24.0 Å². The van der Waals surface area contributed by atoms with Crippen LogP contribution in [0.15, 0.2) is 27.8 Å². The minimum atomic E-state index is -0.743. The fraction of sp³-hybridized carbons (Fsp3) is 0.450. The van der Waals surface area contributed by atoms with Gasteiger partial charge >= 0.3 is 5.69 Å². The lowest BCUT2D eigenvalue weighted by molar-refractivity contribution is -0.119. The maximum atomic E-state index is 13.9. The Hall–Kier alpha value is -3.01. The van der Waals surface area contributed by atoms with Gasteiger partial charge in [0.15, 0.2) is 5.69 Å². The summed E-state index contributed by atoms with van der Waals surface area (Å²) in [5, 5.41) is 0. The minimum absolute atomic E-state index is 0.0667. The molecule has 1 aromatic heterocycles. The van der Waals surface area contributed by atoms with Crippen LogP contribution in [0.4, 0.5) is 20.3 Å². The number of aromatic amines is 1. The average molecular weight is 423 g/mol. The SMILES string of the molecule is CCCCn1c(N)c(N(CC)C(=O)CN(C)Cc2ccc(F)cc2F)c(=O)[nH]c1=O. The molecule has 10 heteroatoms. The van der Waals surface area contributed by atoms with Crippen molar-refractivity contribution in [2.45, 2.75) is 39.8 Å². The molecular weight excluding hydrogens is 396 g/mol. The average Bonchev–Trinajstić information content (AvgIpc) is 2.66. The lowest BCUT2D eigenvalue weighted by Gasteiger charge is -2.25. The Balaban J connectivity index is 2.25. The molecule has 0 fully saturated rings. The van der Waals surface area contributed by atoms with Crippen molar-refractivity contribution < 1.29 is 13.6 Å². The Morgan fingerprint density at radius 3 is 2.53 bits per heavy atom. The van der Waals surface area contributed by atoms with E-state index in [1.807, 2.05) is 6.92 Å². The molecule has 0 saturated heterocycles. The summed E-state index contributed by atoms with van der Waals surface area (Å²) in [6.07, 6.45) is 1.50. The van der Waals surface area contributed by atoms with Crippen molar-refractivity contribution in [3.05, 3.63) is 56.2 Å². The number of anilines is 2. The number of hydrogen-bond donors (Lipinski definition) is 2. The van der Waals surface area contributed by atoms with Crippen LogP contribution < -0.4 is 21.9 Å². The molecule has 0 saturated carbocycles. The molecule has 3 N–H and O–H groups in total. The zero-order valence-electron chi connectivity index (χ0n) is 17.4. The van der Waals surface area contributed by atoms with Crippen molar-refractivity contribution in [1.82, 2.24) is 14.5 Å². The Morgan fingerprint density at radius 1 is 1.23 bits per heavy atom. The number of nitrogens with zero attached hydrogens (tertiary/aromatic N) is 3. The van der Waals surface area contributed by atoms with Gasteiger partial charge in [0, 0.05) is 31.3 Å². The first-order chi connectivity index (χ1) is 14.2. The van der Waals surface area contributed by atoms with Crippen molar-refractivity contribution in [2.24, 2.45) is 0 Å². The summed E-state index contributed by atoms with van der Waals surface area (Å²) in [5.41, 5.74) is 4.87. The molecule has 1 heterocycles. The number of hydrogen-bond acceptors (Lipinski definition) is 5. The first-order valence-electron chi connectivity index (χ1n) is 9.74. The summed E-state index contributed by atoms with van der Waals surface area (Å²) in [4.78, 5) is 42.3. The minimum Gasteiger partial charge on any atom is -0.383 e. The lowest BCUT2D eigenvalue weighted by atomic mass is 10.2. The Morgan fingerprint density at radius 2 is 1.93 bits per heavy atom. The number of carbonyl (C=O) groups excluding carboxylic acids is 1. The van der Waals surface area contributed by atoms with Gasteiger partial charge in [0.2, 0.25) is 5.91 Å². The van der Waals surface area contributed by atoms with Crippen LogP contribution in [0.1, 0.15) is 32.3 Å². The van der Waals surface area contributed by atoms with Crippen LogP contribution in [0.5, 0.6) is 0 Å². The van der Waals surface area contributed by atoms with Crippen LogP contribution >= 0.6 is 0 Å². The highest BCUT2D eigenvalue weighted by Crippen LogP contribution is 2.18. The van der Waals surface area contributed by atoms with E-state index in [9.17, 15) is 23.2 Å². The molecular formula is C20H27F2N5O3. The number of halogens is 2. The number of unbranched alkanes of at least 4 members (excludes halogenated alkanes) is 1. The molecule has 2 rings (SSSR count). The van der Waals surface area contributed by atoms with Crippen LogP contribution in [0, 0.1) is 11.6 Å². The van der Waals surface area contributed by atoms with E-state index in [0.717, 1.165) is 18.6 Å². The van der Waals surface area contributed by atoms with Crippen molar-refractivity contribution in [3.63, 3.8) is 0 Å². The van der Waals surface area contributed by atoms with Crippen LogP contribution in [0.3, 0.4) is 0 Å². The Kier molecular flexibility index (Phi) is 7.87. The van der Waals surface area contributed by atoms with E-state index in [2.05, 4.69) is 4.98 Å². The van der Waals surface area contributed by atoms with E-state index >= 15 is 0 Å². The fourth-order valence-electron chi connectivity index (χ4n) is 3.15. The molecule has 0 bridgehead atoms. The quantitative estimate of drug-likeness (QED) is 0.639. The highest BCUT2D eigenvalue weighted by Gasteiger charge is 2.24. The number of aromatic nitrogens is 2. The van der Waals surface area contributed by atoms with Crippen LogP contribution in [0.25, 0.3) is 0 Å². The van der Waals surface area contributed by atoms with E-state index in [4.69, 9.17) is 5.73 Å². The molecule has 0 unspecified atom stereocenters. The topological polar surface area (TPSA) is 104 Å². The third-order valence-corrected chi connectivity index (χ3v) is 4.70. The summed E-state index contributed by atoms with van der Waals surface area (Å²) in [7, 11) is 1.60. The third-order valence-electron chi connectivity index (χ3n) is 4.70. The summed E-state index contributed by atoms with van der Waals surface area (Å²) < 4.78 is 28.2. The van der Waals surface area contributed by atoms with Gasteiger partial charge in [0.1, 0.15) is 17.5 Å². The molecule has 0 aliphatic heterocycles. The van der Waals surface area contributed by atoms with Crippen LogP contribution in [-0.4, -0.2) is 40.5 Å². The number of rotatable bonds is 9. The molecule has 2 aromatic rings. The monoisotopic (exact) mass is 423 g/mol. The third kappa shape index (κ3) is 5.32. The molecule has 0 aliphatic carbocycles. The van der Waals surface area contributed by atoms with Gasteiger partial charge in [0.05, 0.1) is 6.54 Å². The number of carbonyl (C=O) groups is 1. The largest absolute Gasteiger partial charge is 0.383 e. The predicted molar refractivity (Wildman–Crippen MR) is 111 cm³/mol. The van der Waals surface area contributed by atoms with Crippen LogP contribution in [0.2, 0.25) is 0 Å². The molecule has 0 radical (unpaired) electrons. The number of benzene rings is 1. The van der Waals surface area contributed by atoms with Crippen LogP contribution in [-0.2, 0) is 17.9 Å². The highest BCUT2D eigenvalue weighted by molar-refractivity contribution is 5.96. The predicted octanol–water partition coefficient (Wildman–Crippen LogP) is 1.68. The Labute approximate surface area is 172 Å². The second-order valence-electron chi connectivity index (χ2n) is 7.04. The summed E-state index contributed by atoms with van der Waals surface area (Å²) in [5.74, 6) is -1.90. The van der Waals surface area contributed by atoms with E-state index < -0.39 is 28.8 Å². The second kappa shape index (κ2) is 10.1. The van der Waals surface area contributed by atoms with Gasteiger partial charge in [0.25, 0.3) is 5.56 Å². The standard InChI is InChI=1S/C20H27F2N5O3/c1-4-6-9-27-18(23)17(19(29)24-20(27)30)26(5-2)16(28)12-25(3)11-13-7-8-14(21)10-15(13)22/h7-8,10H,4-6,9,11-12,23H2,1-3H3,(H,24,29,30). The zero-order valence-corrected chi connectivity index (χ0v) is 17.4. The Bertz CT molecular complexity index is 1020. The number of amides is 1. The molecule has 0 atom stereocenters. The summed E-state index contributed by atoms with van der Waals surface area (Å²) in [6, 6.07) is 3.24. The van der Waals surface area contributed by atoms with Gasteiger partial charge in [-0.1, -0.05) is 19.4 Å². The van der Waals surface area contributed by atoms with Gasteiger partial charge in [-0.25, -0.2) is 13.6 Å². The maximum Gasteiger partial charge on any atom is 0.330 e. The first kappa shape index (κ1) is 23.3. The van der Waals surface area contributed by atoms with Crippen molar-refractivity contribution >= 4 is 17.4 Å². The lowest BCUT2D eigenvalue weighted by Crippen LogP contribution is -2.44. The summed E-state index contributed by atoms with van der Waals surface area (Å²) >= 11 is 0. The second-order valence-corrected chi connectivity index (χ2v) is 7.04. The number of nitrogens with two attached hydrogens (primary N) is 1. The first-order valence-corrected chi connectivity index (χ1v) is 9.74. The molecule has 1 aromatic carbocycles. The van der Waals surface area contributed by atoms with E-state index in [1.165, 1.54) is 15.5 Å². The number of nitrogens with one attached hydrogen (secondary N) is 1. The molecule has 0 aliphatic rings. The van der Waals surface area contributed by atoms with E-state index in [-0.39, 0.29) is 36.7 Å². The molecule has 30 heavy (non-hydrogen) atoms. The molecule has 0 spiro atoms. The maximum absolute atomic E-state index is 13.9. The zero-order chi connectivity index (χ0) is 22.4. The molecule has 8 nitrogen and oxygen atoms in total. The van der Waals surface area contributed by atoms with E-state index in [0.29, 0.717) is 13.0 Å². The smallest absolute Gasteiger partial charge is 0.330 e. The number of H-pyrrole nitrogens is 1. The van der Waals surface area contributed by atoms with Gasteiger partial charge in [-0.15, -0.1) is 0 Å². The van der Waals surface area contributed by atoms with Crippen molar-refractivity contribution in [1.29, 1.82) is 0 Å². The molecule has 164 valence electrons. The highest BCUT2D eigenvalue weighted by atomic mass is 19.1. The number of likely N-dealkylation sites (N-methyl/N-ethyl adjacent to an activating group) is 2. The number of nitrogen functional groups attached to an aromatic ring is 1. The summed E-state index contributed by atoms with van der Waals surface area (Å²) in [6.45, 7) is 4.03. The van der Waals surface area contributed by atoms with E-state index in [1.54, 1.807) is 18.9 Å².